The molecular weight excluding hydrogens is 342 g/mol. The van der Waals surface area contributed by atoms with Gasteiger partial charge in [0.25, 0.3) is 0 Å². The SMILES string of the molecule is O=C1CC[C@]2(CCCN(C(=O)CN3CCCC3)C2)CN1CCc1cnc[nH]1. The van der Waals surface area contributed by atoms with Gasteiger partial charge in [-0.05, 0) is 45.2 Å². The smallest absolute Gasteiger partial charge is 0.236 e. The summed E-state index contributed by atoms with van der Waals surface area (Å²) in [4.78, 5) is 38.8. The van der Waals surface area contributed by atoms with Crippen LogP contribution in [0.5, 0.6) is 0 Å². The Morgan fingerprint density at radius 3 is 2.78 bits per heavy atom. The minimum Gasteiger partial charge on any atom is -0.348 e. The maximum absolute atomic E-state index is 12.8. The second kappa shape index (κ2) is 8.00. The van der Waals surface area contributed by atoms with Gasteiger partial charge in [-0.15, -0.1) is 0 Å². The van der Waals surface area contributed by atoms with Crippen LogP contribution < -0.4 is 0 Å². The molecule has 0 saturated carbocycles. The van der Waals surface area contributed by atoms with Gasteiger partial charge in [-0.25, -0.2) is 4.98 Å². The average Bonchev–Trinajstić information content (AvgIpc) is 3.37. The summed E-state index contributed by atoms with van der Waals surface area (Å²) in [5, 5.41) is 0. The molecule has 7 nitrogen and oxygen atoms in total. The van der Waals surface area contributed by atoms with Crippen LogP contribution in [0.15, 0.2) is 12.5 Å². The second-order valence-electron chi connectivity index (χ2n) is 8.54. The number of likely N-dealkylation sites (tertiary alicyclic amines) is 3. The predicted molar refractivity (Wildman–Crippen MR) is 102 cm³/mol. The highest BCUT2D eigenvalue weighted by molar-refractivity contribution is 5.79. The fourth-order valence-corrected chi connectivity index (χ4v) is 4.97. The molecule has 27 heavy (non-hydrogen) atoms. The van der Waals surface area contributed by atoms with E-state index in [0.29, 0.717) is 13.0 Å². The topological polar surface area (TPSA) is 72.5 Å². The van der Waals surface area contributed by atoms with Crippen molar-refractivity contribution in [1.29, 1.82) is 0 Å². The van der Waals surface area contributed by atoms with Crippen LogP contribution in [0.3, 0.4) is 0 Å². The number of piperidine rings is 2. The summed E-state index contributed by atoms with van der Waals surface area (Å²) in [7, 11) is 0. The Balaban J connectivity index is 1.35. The second-order valence-corrected chi connectivity index (χ2v) is 8.54. The maximum atomic E-state index is 12.8. The average molecular weight is 374 g/mol. The van der Waals surface area contributed by atoms with E-state index in [9.17, 15) is 9.59 Å². The third-order valence-electron chi connectivity index (χ3n) is 6.53. The minimum absolute atomic E-state index is 0.0841. The molecule has 0 aliphatic carbocycles. The zero-order valence-corrected chi connectivity index (χ0v) is 16.2. The van der Waals surface area contributed by atoms with Crippen LogP contribution in [-0.4, -0.2) is 82.3 Å². The van der Waals surface area contributed by atoms with E-state index in [2.05, 4.69) is 19.8 Å². The van der Waals surface area contributed by atoms with Gasteiger partial charge in [0.1, 0.15) is 0 Å². The van der Waals surface area contributed by atoms with E-state index in [1.165, 1.54) is 12.8 Å². The van der Waals surface area contributed by atoms with E-state index in [-0.39, 0.29) is 17.2 Å². The van der Waals surface area contributed by atoms with Gasteiger partial charge >= 0.3 is 0 Å². The number of rotatable bonds is 5. The largest absolute Gasteiger partial charge is 0.348 e. The lowest BCUT2D eigenvalue weighted by Gasteiger charge is -2.48. The molecule has 0 bridgehead atoms. The standard InChI is InChI=1S/C20H31N5O2/c26-18-4-7-20(15-25(18)11-5-17-12-21-16-22-17)6-3-10-24(14-20)19(27)13-23-8-1-2-9-23/h12,16H,1-11,13-15H2,(H,21,22)/t20-/m0/s1. The highest BCUT2D eigenvalue weighted by Gasteiger charge is 2.42. The molecule has 7 heteroatoms. The van der Waals surface area contributed by atoms with Gasteiger partial charge in [-0.1, -0.05) is 0 Å². The van der Waals surface area contributed by atoms with E-state index in [0.717, 1.165) is 70.6 Å². The van der Waals surface area contributed by atoms with Crippen molar-refractivity contribution in [2.45, 2.75) is 44.9 Å². The summed E-state index contributed by atoms with van der Waals surface area (Å²) >= 11 is 0. The molecule has 3 aliphatic heterocycles. The molecule has 1 N–H and O–H groups in total. The number of carbonyl (C=O) groups excluding carboxylic acids is 2. The number of aromatic amines is 1. The van der Waals surface area contributed by atoms with E-state index in [1.807, 2.05) is 11.1 Å². The van der Waals surface area contributed by atoms with Gasteiger partial charge in [0, 0.05) is 56.3 Å². The van der Waals surface area contributed by atoms with Crippen molar-refractivity contribution < 1.29 is 9.59 Å². The molecule has 3 fully saturated rings. The molecule has 3 saturated heterocycles. The molecule has 1 aromatic rings. The van der Waals surface area contributed by atoms with Crippen LogP contribution in [0, 0.1) is 5.41 Å². The van der Waals surface area contributed by atoms with Crippen LogP contribution in [0.1, 0.15) is 44.2 Å². The Kier molecular flexibility index (Phi) is 5.48. The van der Waals surface area contributed by atoms with Crippen molar-refractivity contribution in [3.8, 4) is 0 Å². The van der Waals surface area contributed by atoms with Gasteiger partial charge in [0.2, 0.25) is 11.8 Å². The Morgan fingerprint density at radius 2 is 2.00 bits per heavy atom. The van der Waals surface area contributed by atoms with Crippen molar-refractivity contribution in [1.82, 2.24) is 24.7 Å². The minimum atomic E-state index is 0.0841. The number of nitrogens with zero attached hydrogens (tertiary/aromatic N) is 4. The molecule has 0 unspecified atom stereocenters. The Morgan fingerprint density at radius 1 is 1.15 bits per heavy atom. The highest BCUT2D eigenvalue weighted by Crippen LogP contribution is 2.39. The van der Waals surface area contributed by atoms with E-state index >= 15 is 0 Å². The van der Waals surface area contributed by atoms with E-state index < -0.39 is 0 Å². The molecule has 0 aromatic carbocycles. The number of nitrogens with one attached hydrogen (secondary N) is 1. The Hall–Kier alpha value is -1.89. The molecule has 1 spiro atoms. The van der Waals surface area contributed by atoms with Crippen LogP contribution in [0.25, 0.3) is 0 Å². The summed E-state index contributed by atoms with van der Waals surface area (Å²) in [6.07, 6.45) is 10.4. The number of H-pyrrole nitrogens is 1. The normalized spacial score (nSPS) is 26.9. The number of imidazole rings is 1. The first kappa shape index (κ1) is 18.5. The Labute approximate surface area is 161 Å². The van der Waals surface area contributed by atoms with Crippen LogP contribution in [-0.2, 0) is 16.0 Å². The van der Waals surface area contributed by atoms with Crippen molar-refractivity contribution in [2.75, 3.05) is 45.8 Å². The lowest BCUT2D eigenvalue weighted by atomic mass is 9.73. The molecule has 2 amide bonds. The maximum Gasteiger partial charge on any atom is 0.236 e. The van der Waals surface area contributed by atoms with Gasteiger partial charge in [0.05, 0.1) is 12.9 Å². The summed E-state index contributed by atoms with van der Waals surface area (Å²) in [6, 6.07) is 0. The fraction of sp³-hybridized carbons (Fsp3) is 0.750. The number of carbonyl (C=O) groups is 2. The molecule has 4 rings (SSSR count). The van der Waals surface area contributed by atoms with Crippen LogP contribution >= 0.6 is 0 Å². The zero-order valence-electron chi connectivity index (χ0n) is 16.2. The fourth-order valence-electron chi connectivity index (χ4n) is 4.97. The number of hydrogen-bond donors (Lipinski definition) is 1. The number of amides is 2. The molecule has 1 atom stereocenters. The van der Waals surface area contributed by atoms with Crippen molar-refractivity contribution in [3.63, 3.8) is 0 Å². The van der Waals surface area contributed by atoms with Crippen LogP contribution in [0.2, 0.25) is 0 Å². The van der Waals surface area contributed by atoms with Crippen molar-refractivity contribution in [2.24, 2.45) is 5.41 Å². The first-order valence-corrected chi connectivity index (χ1v) is 10.4. The summed E-state index contributed by atoms with van der Waals surface area (Å²) in [5.74, 6) is 0.526. The van der Waals surface area contributed by atoms with E-state index in [1.54, 1.807) is 6.33 Å². The number of hydrogen-bond acceptors (Lipinski definition) is 4. The van der Waals surface area contributed by atoms with Crippen molar-refractivity contribution in [3.05, 3.63) is 18.2 Å². The lowest BCUT2D eigenvalue weighted by molar-refractivity contribution is -0.143. The highest BCUT2D eigenvalue weighted by atomic mass is 16.2. The van der Waals surface area contributed by atoms with E-state index in [4.69, 9.17) is 0 Å². The lowest BCUT2D eigenvalue weighted by Crippen LogP contribution is -2.56. The summed E-state index contributed by atoms with van der Waals surface area (Å²) in [6.45, 7) is 5.88. The van der Waals surface area contributed by atoms with Crippen LogP contribution in [0.4, 0.5) is 0 Å². The van der Waals surface area contributed by atoms with Gasteiger partial charge < -0.3 is 14.8 Å². The predicted octanol–water partition coefficient (Wildman–Crippen LogP) is 1.28. The van der Waals surface area contributed by atoms with Crippen molar-refractivity contribution >= 4 is 11.8 Å². The number of aromatic nitrogens is 2. The van der Waals surface area contributed by atoms with Gasteiger partial charge in [0.15, 0.2) is 0 Å². The monoisotopic (exact) mass is 373 g/mol. The molecular formula is C20H31N5O2. The molecule has 4 heterocycles. The van der Waals surface area contributed by atoms with Gasteiger partial charge in [-0.3, -0.25) is 14.5 Å². The molecule has 148 valence electrons. The molecule has 0 radical (unpaired) electrons. The summed E-state index contributed by atoms with van der Waals surface area (Å²) in [5.41, 5.74) is 1.15. The third kappa shape index (κ3) is 4.34. The summed E-state index contributed by atoms with van der Waals surface area (Å²) < 4.78 is 0. The first-order valence-electron chi connectivity index (χ1n) is 10.4. The zero-order chi connectivity index (χ0) is 18.7. The first-order chi connectivity index (χ1) is 13.1. The van der Waals surface area contributed by atoms with Gasteiger partial charge in [-0.2, -0.15) is 0 Å². The molecule has 3 aliphatic rings. The molecule has 1 aromatic heterocycles. The third-order valence-corrected chi connectivity index (χ3v) is 6.53. The Bertz CT molecular complexity index is 655. The quantitative estimate of drug-likeness (QED) is 0.844.